The quantitative estimate of drug-likeness (QED) is 0.353. The van der Waals surface area contributed by atoms with Gasteiger partial charge >= 0.3 is 0 Å². The average molecular weight is 557 g/mol. The van der Waals surface area contributed by atoms with E-state index in [4.69, 9.17) is 0 Å². The number of nitrogens with one attached hydrogen (secondary N) is 1. The molecule has 0 radical (unpaired) electrons. The largest absolute Gasteiger partial charge is 0.322 e. The van der Waals surface area contributed by atoms with Crippen LogP contribution in [0.5, 0.6) is 0 Å². The van der Waals surface area contributed by atoms with Gasteiger partial charge in [-0.3, -0.25) is 9.10 Å². The summed E-state index contributed by atoms with van der Waals surface area (Å²) >= 11 is 0. The summed E-state index contributed by atoms with van der Waals surface area (Å²) in [6.07, 6.45) is 5.41. The van der Waals surface area contributed by atoms with E-state index >= 15 is 0 Å². The molecule has 9 nitrogen and oxygen atoms in total. The number of likely N-dealkylation sites (tertiary alicyclic amines) is 1. The molecule has 1 amide bonds. The first kappa shape index (κ1) is 26.2. The number of fused-ring (bicyclic) bond motifs is 1. The van der Waals surface area contributed by atoms with E-state index in [1.54, 1.807) is 59.4 Å². The van der Waals surface area contributed by atoms with Gasteiger partial charge in [-0.05, 0) is 81.2 Å². The molecule has 1 N–H and O–H groups in total. The van der Waals surface area contributed by atoms with Crippen molar-refractivity contribution in [1.29, 1.82) is 0 Å². The molecule has 2 aliphatic heterocycles. The Labute approximate surface area is 234 Å². The zero-order valence-corrected chi connectivity index (χ0v) is 23.2. The summed E-state index contributed by atoms with van der Waals surface area (Å²) in [6, 6.07) is 20.8. The van der Waals surface area contributed by atoms with E-state index < -0.39 is 22.0 Å². The van der Waals surface area contributed by atoms with Crippen LogP contribution in [0.15, 0.2) is 83.9 Å². The third kappa shape index (κ3) is 5.24. The lowest BCUT2D eigenvalue weighted by Gasteiger charge is -2.36. The number of aromatic nitrogens is 3. The Bertz CT molecular complexity index is 1610. The van der Waals surface area contributed by atoms with E-state index in [2.05, 4.69) is 32.7 Å². The van der Waals surface area contributed by atoms with Gasteiger partial charge in [0.2, 0.25) is 5.91 Å². The molecular weight excluding hydrogens is 524 g/mol. The van der Waals surface area contributed by atoms with Gasteiger partial charge in [0.15, 0.2) is 0 Å². The van der Waals surface area contributed by atoms with Gasteiger partial charge in [-0.25, -0.2) is 13.1 Å². The Morgan fingerprint density at radius 1 is 0.950 bits per heavy atom. The first-order valence-corrected chi connectivity index (χ1v) is 15.1. The number of carbonyl (C=O) groups excluding carboxylic acids is 1. The highest BCUT2D eigenvalue weighted by atomic mass is 32.2. The lowest BCUT2D eigenvalue weighted by atomic mass is 10.1. The summed E-state index contributed by atoms with van der Waals surface area (Å²) in [7, 11) is -4.04. The molecule has 3 heterocycles. The van der Waals surface area contributed by atoms with Gasteiger partial charge in [-0.1, -0.05) is 47.2 Å². The molecule has 1 atom stereocenters. The van der Waals surface area contributed by atoms with E-state index in [1.807, 2.05) is 19.1 Å². The number of para-hydroxylation sites is 2. The number of sulfonamides is 1. The van der Waals surface area contributed by atoms with Gasteiger partial charge in [0, 0.05) is 13.0 Å². The molecule has 10 heteroatoms. The molecule has 1 saturated heterocycles. The molecule has 1 aromatic heterocycles. The van der Waals surface area contributed by atoms with Gasteiger partial charge in [0.1, 0.15) is 6.04 Å². The number of amides is 1. The summed E-state index contributed by atoms with van der Waals surface area (Å²) < 4.78 is 30.7. The van der Waals surface area contributed by atoms with Gasteiger partial charge in [0.05, 0.1) is 33.8 Å². The van der Waals surface area contributed by atoms with Crippen LogP contribution >= 0.6 is 0 Å². The first-order chi connectivity index (χ1) is 19.4. The Morgan fingerprint density at radius 3 is 2.42 bits per heavy atom. The van der Waals surface area contributed by atoms with Gasteiger partial charge in [-0.2, -0.15) is 0 Å². The lowest BCUT2D eigenvalue weighted by Crippen LogP contribution is -2.52. The number of carbonyl (C=O) groups is 1. The minimum absolute atomic E-state index is 0.0686. The van der Waals surface area contributed by atoms with Crippen LogP contribution in [0.4, 0.5) is 11.4 Å². The van der Waals surface area contributed by atoms with Crippen molar-refractivity contribution in [2.75, 3.05) is 29.3 Å². The van der Waals surface area contributed by atoms with Crippen molar-refractivity contribution in [3.8, 4) is 5.69 Å². The number of anilines is 2. The highest BCUT2D eigenvalue weighted by Crippen LogP contribution is 2.37. The minimum atomic E-state index is -4.04. The first-order valence-electron chi connectivity index (χ1n) is 13.6. The van der Waals surface area contributed by atoms with E-state index in [0.29, 0.717) is 17.1 Å². The normalized spacial score (nSPS) is 17.6. The van der Waals surface area contributed by atoms with E-state index in [-0.39, 0.29) is 11.3 Å². The predicted octanol–water partition coefficient (Wildman–Crippen LogP) is 3.97. The number of benzene rings is 3. The molecule has 3 aromatic carbocycles. The van der Waals surface area contributed by atoms with Crippen LogP contribution in [-0.4, -0.2) is 59.9 Å². The van der Waals surface area contributed by atoms with Crippen LogP contribution in [0, 0.1) is 6.92 Å². The maximum Gasteiger partial charge on any atom is 0.265 e. The monoisotopic (exact) mass is 556 g/mol. The Balaban J connectivity index is 1.24. The summed E-state index contributed by atoms with van der Waals surface area (Å²) in [5, 5.41) is 11.4. The van der Waals surface area contributed by atoms with E-state index in [1.165, 1.54) is 35.8 Å². The molecule has 6 rings (SSSR count). The summed E-state index contributed by atoms with van der Waals surface area (Å²) in [4.78, 5) is 15.9. The van der Waals surface area contributed by atoms with Crippen molar-refractivity contribution in [3.05, 3.63) is 95.8 Å². The molecular formula is C30H32N6O3S. The average Bonchev–Trinajstić information content (AvgIpc) is 3.65. The second kappa shape index (κ2) is 10.9. The highest BCUT2D eigenvalue weighted by Gasteiger charge is 2.41. The van der Waals surface area contributed by atoms with E-state index in [9.17, 15) is 13.2 Å². The fraction of sp³-hybridized carbons (Fsp3) is 0.300. The molecule has 206 valence electrons. The summed E-state index contributed by atoms with van der Waals surface area (Å²) in [6.45, 7) is 5.35. The minimum Gasteiger partial charge on any atom is -0.322 e. The summed E-state index contributed by atoms with van der Waals surface area (Å²) in [5.74, 6) is -0.411. The van der Waals surface area contributed by atoms with Crippen LogP contribution in [0.3, 0.4) is 0 Å². The van der Waals surface area contributed by atoms with Crippen LogP contribution in [0.2, 0.25) is 0 Å². The second-order valence-corrected chi connectivity index (χ2v) is 12.3. The van der Waals surface area contributed by atoms with Gasteiger partial charge in [0.25, 0.3) is 10.0 Å². The molecule has 0 saturated carbocycles. The van der Waals surface area contributed by atoms with Crippen LogP contribution in [-0.2, 0) is 27.7 Å². The van der Waals surface area contributed by atoms with E-state index in [0.717, 1.165) is 24.2 Å². The van der Waals surface area contributed by atoms with Crippen molar-refractivity contribution in [2.45, 2.75) is 43.5 Å². The third-order valence-electron chi connectivity index (χ3n) is 7.62. The maximum atomic E-state index is 13.9. The predicted molar refractivity (Wildman–Crippen MR) is 154 cm³/mol. The second-order valence-electron chi connectivity index (χ2n) is 10.5. The fourth-order valence-corrected chi connectivity index (χ4v) is 7.01. The van der Waals surface area contributed by atoms with Crippen LogP contribution in [0.1, 0.15) is 29.7 Å². The molecule has 4 aromatic rings. The molecule has 2 aliphatic rings. The van der Waals surface area contributed by atoms with Crippen molar-refractivity contribution in [3.63, 3.8) is 0 Å². The molecule has 0 bridgehead atoms. The van der Waals surface area contributed by atoms with Gasteiger partial charge < -0.3 is 10.2 Å². The fourth-order valence-electron chi connectivity index (χ4n) is 5.38. The Hall–Kier alpha value is -4.02. The molecule has 40 heavy (non-hydrogen) atoms. The third-order valence-corrected chi connectivity index (χ3v) is 9.46. The van der Waals surface area contributed by atoms with Crippen molar-refractivity contribution < 1.29 is 13.2 Å². The van der Waals surface area contributed by atoms with Crippen molar-refractivity contribution >= 4 is 27.3 Å². The van der Waals surface area contributed by atoms with Gasteiger partial charge in [-0.15, -0.1) is 5.10 Å². The zero-order valence-electron chi connectivity index (χ0n) is 22.4. The van der Waals surface area contributed by atoms with Crippen molar-refractivity contribution in [2.24, 2.45) is 0 Å². The molecule has 0 unspecified atom stereocenters. The SMILES string of the molecule is Cc1ccc(S(=O)(=O)N2c3ccccc3NC(=O)[C@H]2Cc2cn(-c3ccc(CCN4CCCC4)cc3)nn2)cc1. The number of rotatable bonds is 8. The number of aryl methyl sites for hydroxylation is 1. The lowest BCUT2D eigenvalue weighted by molar-refractivity contribution is -0.117. The Kier molecular flexibility index (Phi) is 7.12. The zero-order chi connectivity index (χ0) is 27.7. The smallest absolute Gasteiger partial charge is 0.265 e. The number of hydrogen-bond acceptors (Lipinski definition) is 6. The summed E-state index contributed by atoms with van der Waals surface area (Å²) in [5.41, 5.74) is 4.46. The molecule has 0 spiro atoms. The molecule has 1 fully saturated rings. The molecule has 0 aliphatic carbocycles. The highest BCUT2D eigenvalue weighted by molar-refractivity contribution is 7.93. The maximum absolute atomic E-state index is 13.9. The Morgan fingerprint density at radius 2 is 1.68 bits per heavy atom. The van der Waals surface area contributed by atoms with Crippen molar-refractivity contribution in [1.82, 2.24) is 19.9 Å². The van der Waals surface area contributed by atoms with Crippen LogP contribution < -0.4 is 9.62 Å². The standard InChI is InChI=1S/C30H32N6O3S/c1-22-8-14-26(15-9-22)40(38,39)36-28-7-3-2-6-27(28)31-30(37)29(36)20-24-21-35(33-32-24)25-12-10-23(11-13-25)16-19-34-17-4-5-18-34/h2-3,6-15,21,29H,4-5,16-20H2,1H3,(H,31,37)/t29-/m1/s1. The number of hydrogen-bond donors (Lipinski definition) is 1. The van der Waals surface area contributed by atoms with Crippen LogP contribution in [0.25, 0.3) is 5.69 Å². The topological polar surface area (TPSA) is 100 Å². The number of nitrogens with zero attached hydrogens (tertiary/aromatic N) is 5.